The molecular weight excluding hydrogens is 1220 g/mol. The highest BCUT2D eigenvalue weighted by atomic mass is 16.6. The molecule has 10 amide bonds. The Labute approximate surface area is 566 Å². The van der Waals surface area contributed by atoms with Gasteiger partial charge in [-0.05, 0) is 119 Å². The van der Waals surface area contributed by atoms with Crippen molar-refractivity contribution in [3.05, 3.63) is 18.0 Å². The molecule has 1 saturated heterocycles. The highest BCUT2D eigenvalue weighted by Gasteiger charge is 2.46. The number of cyclic esters (lactones) is 1. The first-order valence-corrected chi connectivity index (χ1v) is 33.9. The van der Waals surface area contributed by atoms with E-state index in [9.17, 15) is 48.6 Å². The summed E-state index contributed by atoms with van der Waals surface area (Å²) in [5.74, 6) is -11.7. The van der Waals surface area contributed by atoms with E-state index in [0.29, 0.717) is 19.5 Å². The van der Waals surface area contributed by atoms with Gasteiger partial charge in [-0.25, -0.2) is 4.79 Å². The predicted molar refractivity (Wildman–Crippen MR) is 362 cm³/mol. The van der Waals surface area contributed by atoms with Gasteiger partial charge in [0.15, 0.2) is 6.10 Å². The Kier molecular flexibility index (Phi) is 34.0. The predicted octanol–water partition coefficient (Wildman–Crippen LogP) is 2.64. The van der Waals surface area contributed by atoms with Gasteiger partial charge in [0.25, 0.3) is 5.91 Å². The number of nitrogens with one attached hydrogen (secondary N) is 4. The van der Waals surface area contributed by atoms with E-state index in [1.165, 1.54) is 70.8 Å². The highest BCUT2D eigenvalue weighted by molar-refractivity contribution is 5.99. The summed E-state index contributed by atoms with van der Waals surface area (Å²) in [6, 6.07) is -10.5. The number of rotatable bonds is 20. The summed E-state index contributed by atoms with van der Waals surface area (Å²) in [6.07, 6.45) is -2.27. The number of esters is 1. The SMILES string of the molecule is CC(C)C[C@@H]1NC(=O)[C@H](CC(C)C)N(C)C(=O)[C@@H](C(C)C)OC(=O)[C@H](C)NC(=O)[C@H](CC(C)C)N(C)C(=O)[C@H](CC(C)C)NC(=O)[C@H](CC(C)C)N(C)C(=O)CN(C)C(=O)[C@H]([C@@H](C)O)NC(=O)[C@H]([C@H](O)[C@H](C)CCN(C)Cc2ccnn2C)N(C)C(=O)[C@H](C(C)C)N(C)C1=O. The van der Waals surface area contributed by atoms with Crippen LogP contribution in [0.4, 0.5) is 0 Å². The molecule has 6 N–H and O–H groups in total. The van der Waals surface area contributed by atoms with Gasteiger partial charge in [0.1, 0.15) is 54.4 Å². The van der Waals surface area contributed by atoms with Gasteiger partial charge < -0.3 is 70.5 Å². The zero-order chi connectivity index (χ0) is 73.1. The van der Waals surface area contributed by atoms with Crippen LogP contribution in [0.3, 0.4) is 0 Å². The van der Waals surface area contributed by atoms with Crippen molar-refractivity contribution in [2.75, 3.05) is 62.4 Å². The molecule has 1 aromatic heterocycles. The molecule has 13 atom stereocenters. The number of aliphatic hydroxyl groups is 2. The molecule has 27 nitrogen and oxygen atoms in total. The summed E-state index contributed by atoms with van der Waals surface area (Å²) >= 11 is 0. The normalized spacial score (nSPS) is 25.6. The Morgan fingerprint density at radius 1 is 0.526 bits per heavy atom. The molecule has 1 aliphatic rings. The molecule has 0 aromatic carbocycles. The lowest BCUT2D eigenvalue weighted by atomic mass is 9.91. The molecule has 27 heteroatoms. The number of aliphatic hydroxyl groups excluding tert-OH is 2. The third-order valence-electron chi connectivity index (χ3n) is 17.6. The van der Waals surface area contributed by atoms with Crippen molar-refractivity contribution in [2.24, 2.45) is 54.4 Å². The van der Waals surface area contributed by atoms with Crippen LogP contribution in [0.5, 0.6) is 0 Å². The zero-order valence-corrected chi connectivity index (χ0v) is 61.9. The van der Waals surface area contributed by atoms with E-state index in [2.05, 4.69) is 26.4 Å². The molecule has 95 heavy (non-hydrogen) atoms. The van der Waals surface area contributed by atoms with E-state index in [1.54, 1.807) is 45.5 Å². The van der Waals surface area contributed by atoms with Crippen LogP contribution in [0, 0.1) is 47.3 Å². The number of carbonyl (C=O) groups is 11. The molecule has 0 spiro atoms. The molecule has 0 radical (unpaired) electrons. The van der Waals surface area contributed by atoms with E-state index in [1.807, 2.05) is 94.3 Å². The number of amides is 10. The average Bonchev–Trinajstić information content (AvgIpc) is 1.09. The fourth-order valence-corrected chi connectivity index (χ4v) is 11.8. The van der Waals surface area contributed by atoms with Gasteiger partial charge in [0.2, 0.25) is 53.2 Å². The van der Waals surface area contributed by atoms with Gasteiger partial charge >= 0.3 is 5.97 Å². The van der Waals surface area contributed by atoms with Crippen molar-refractivity contribution in [3.8, 4) is 0 Å². The quantitative estimate of drug-likeness (QED) is 0.102. The number of likely N-dealkylation sites (N-methyl/N-ethyl adjacent to an activating group) is 6. The molecule has 2 heterocycles. The Morgan fingerprint density at radius 2 is 0.958 bits per heavy atom. The molecular formula is C68H121N13O14. The summed E-state index contributed by atoms with van der Waals surface area (Å²) in [5, 5.41) is 39.1. The number of nitrogens with zero attached hydrogens (tertiary/aromatic N) is 9. The number of aromatic nitrogens is 2. The molecule has 1 aromatic rings. The van der Waals surface area contributed by atoms with E-state index in [0.717, 1.165) is 20.4 Å². The molecule has 2 rings (SSSR count). The summed E-state index contributed by atoms with van der Waals surface area (Å²) in [7, 11) is 11.8. The Morgan fingerprint density at radius 3 is 1.38 bits per heavy atom. The monoisotopic (exact) mass is 1340 g/mol. The van der Waals surface area contributed by atoms with Gasteiger partial charge in [-0.1, -0.05) is 104 Å². The van der Waals surface area contributed by atoms with Crippen LogP contribution in [0.2, 0.25) is 0 Å². The fraction of sp³-hybridized carbons (Fsp3) is 0.794. The molecule has 0 unspecified atom stereocenters. The van der Waals surface area contributed by atoms with Crippen LogP contribution in [-0.4, -0.2) is 254 Å². The average molecular weight is 1340 g/mol. The second-order valence-corrected chi connectivity index (χ2v) is 29.4. The lowest BCUT2D eigenvalue weighted by molar-refractivity contribution is -0.166. The second-order valence-electron chi connectivity index (χ2n) is 29.4. The van der Waals surface area contributed by atoms with Crippen LogP contribution in [0.25, 0.3) is 0 Å². The number of carbonyl (C=O) groups excluding carboxylic acids is 11. The van der Waals surface area contributed by atoms with E-state index in [4.69, 9.17) is 4.74 Å². The lowest BCUT2D eigenvalue weighted by Gasteiger charge is -2.40. The number of hydrogen-bond donors (Lipinski definition) is 6. The van der Waals surface area contributed by atoms with Crippen LogP contribution in [0.15, 0.2) is 12.3 Å². The first kappa shape index (κ1) is 84.3. The Balaban J connectivity index is 3.04. The minimum atomic E-state index is -1.78. The largest absolute Gasteiger partial charge is 0.450 e. The van der Waals surface area contributed by atoms with Crippen LogP contribution in [0.1, 0.15) is 162 Å². The van der Waals surface area contributed by atoms with Gasteiger partial charge in [-0.2, -0.15) is 5.10 Å². The number of aryl methyl sites for hydroxylation is 1. The maximum Gasteiger partial charge on any atom is 0.329 e. The third kappa shape index (κ3) is 24.7. The van der Waals surface area contributed by atoms with Crippen molar-refractivity contribution in [1.82, 2.24) is 65.3 Å². The maximum atomic E-state index is 15.4. The number of ether oxygens (including phenoxy) is 1. The van der Waals surface area contributed by atoms with Gasteiger partial charge in [-0.15, -0.1) is 0 Å². The van der Waals surface area contributed by atoms with Crippen molar-refractivity contribution in [1.29, 1.82) is 0 Å². The summed E-state index contributed by atoms with van der Waals surface area (Å²) in [5.41, 5.74) is 0.915. The topological polar surface area (TPSA) is 326 Å². The van der Waals surface area contributed by atoms with Gasteiger partial charge in [0.05, 0.1) is 24.4 Å². The maximum absolute atomic E-state index is 15.4. The molecule has 0 saturated carbocycles. The molecule has 0 aliphatic carbocycles. The second kappa shape index (κ2) is 38.3. The van der Waals surface area contributed by atoms with E-state index in [-0.39, 0.29) is 61.7 Å². The number of hydrogen-bond acceptors (Lipinski definition) is 16. The Bertz CT molecular complexity index is 2730. The van der Waals surface area contributed by atoms with Gasteiger partial charge in [-0.3, -0.25) is 52.6 Å². The minimum absolute atomic E-state index is 0.0705. The van der Waals surface area contributed by atoms with Crippen molar-refractivity contribution >= 4 is 65.0 Å². The molecule has 0 bridgehead atoms. The summed E-state index contributed by atoms with van der Waals surface area (Å²) in [6.45, 7) is 29.7. The molecule has 1 aliphatic heterocycles. The molecule has 542 valence electrons. The van der Waals surface area contributed by atoms with Gasteiger partial charge in [0, 0.05) is 62.1 Å². The lowest BCUT2D eigenvalue weighted by Crippen LogP contribution is -2.64. The van der Waals surface area contributed by atoms with Crippen LogP contribution >= 0.6 is 0 Å². The van der Waals surface area contributed by atoms with E-state index >= 15 is 14.4 Å². The first-order chi connectivity index (χ1) is 43.9. The smallest absolute Gasteiger partial charge is 0.329 e. The van der Waals surface area contributed by atoms with Crippen molar-refractivity contribution in [2.45, 2.75) is 235 Å². The summed E-state index contributed by atoms with van der Waals surface area (Å²) in [4.78, 5) is 171. The third-order valence-corrected chi connectivity index (χ3v) is 17.6. The first-order valence-electron chi connectivity index (χ1n) is 33.9. The highest BCUT2D eigenvalue weighted by Crippen LogP contribution is 2.25. The standard InChI is InChI=1S/C68H121N13O14/c1-37(2)30-48-63(89)77(21)51(33-40(7)8)59(85)70-45(16)68(94)95-58(43(13)14)67(93)78(22)52(34-41(9)10)61(87)72-49(31-38(3)4)64(90)79(23)55(42(11)12)66(92)80(24)56(57(84)44(15)27-29-74(18)35-47-26-28-69-81(47)25)62(88)73-54(46(17)82)65(91)75(19)36-53(83)76(20)50(32-39(5)6)60(86)71-48/h26,28,37-46,48-52,54-58,82,84H,27,29-36H2,1-25H3,(H,70,85)(H,71,86)(H,72,87)(H,73,88)/t44-,45+,46-,48+,49+,50+,51+,52+,54+,55+,56+,57-,58-/m1/s1. The zero-order valence-electron chi connectivity index (χ0n) is 61.9. The van der Waals surface area contributed by atoms with E-state index < -0.39 is 162 Å². The van der Waals surface area contributed by atoms with Crippen molar-refractivity contribution < 1.29 is 67.7 Å². The Hall–Kier alpha value is -6.74. The summed E-state index contributed by atoms with van der Waals surface area (Å²) < 4.78 is 7.65. The molecule has 1 fully saturated rings. The van der Waals surface area contributed by atoms with Crippen LogP contribution in [-0.2, 0) is 71.1 Å². The minimum Gasteiger partial charge on any atom is -0.450 e. The van der Waals surface area contributed by atoms with Crippen LogP contribution < -0.4 is 21.3 Å². The van der Waals surface area contributed by atoms with Crippen molar-refractivity contribution in [3.63, 3.8) is 0 Å². The fourth-order valence-electron chi connectivity index (χ4n) is 11.8.